The van der Waals surface area contributed by atoms with Gasteiger partial charge in [-0.05, 0) is 37.4 Å². The van der Waals surface area contributed by atoms with Crippen molar-refractivity contribution in [3.8, 4) is 0 Å². The topological polar surface area (TPSA) is 41.1 Å². The molecular weight excluding hydrogens is 219 g/mol. The van der Waals surface area contributed by atoms with E-state index in [9.17, 15) is 9.18 Å². The maximum absolute atomic E-state index is 13.2. The Morgan fingerprint density at radius 1 is 1.35 bits per heavy atom. The molecule has 0 aliphatic heterocycles. The second-order valence-electron chi connectivity index (χ2n) is 4.46. The van der Waals surface area contributed by atoms with Crippen LogP contribution >= 0.6 is 0 Å². The van der Waals surface area contributed by atoms with Gasteiger partial charge in [0.25, 0.3) is 0 Å². The first-order chi connectivity index (χ1) is 8.25. The Labute approximate surface area is 100 Å². The molecule has 0 spiro atoms. The van der Waals surface area contributed by atoms with E-state index in [-0.39, 0.29) is 18.1 Å². The van der Waals surface area contributed by atoms with Crippen LogP contribution in [-0.2, 0) is 4.79 Å². The van der Waals surface area contributed by atoms with Crippen LogP contribution in [-0.4, -0.2) is 19.0 Å². The average Bonchev–Trinajstić information content (AvgIpc) is 2.25. The van der Waals surface area contributed by atoms with Crippen LogP contribution in [0.3, 0.4) is 0 Å². The van der Waals surface area contributed by atoms with Crippen molar-refractivity contribution in [3.63, 3.8) is 0 Å². The Morgan fingerprint density at radius 2 is 2.12 bits per heavy atom. The lowest BCUT2D eigenvalue weighted by atomic mass is 9.85. The number of benzene rings is 1. The summed E-state index contributed by atoms with van der Waals surface area (Å²) >= 11 is 0. The normalized spacial score (nSPS) is 15.4. The summed E-state index contributed by atoms with van der Waals surface area (Å²) in [6.07, 6.45) is 3.80. The van der Waals surface area contributed by atoms with Gasteiger partial charge in [0.05, 0.1) is 12.2 Å². The first-order valence-electron chi connectivity index (χ1n) is 6.01. The highest BCUT2D eigenvalue weighted by Gasteiger charge is 2.16. The molecule has 3 nitrogen and oxygen atoms in total. The summed E-state index contributed by atoms with van der Waals surface area (Å²) in [6.45, 7) is 1.12. The molecule has 1 aliphatic rings. The molecule has 1 amide bonds. The van der Waals surface area contributed by atoms with Crippen LogP contribution in [0.5, 0.6) is 0 Å². The van der Waals surface area contributed by atoms with Gasteiger partial charge in [-0.2, -0.15) is 0 Å². The molecule has 0 bridgehead atoms. The van der Waals surface area contributed by atoms with E-state index in [1.165, 1.54) is 25.3 Å². The number of halogens is 1. The number of hydrogen-bond acceptors (Lipinski definition) is 2. The van der Waals surface area contributed by atoms with E-state index in [2.05, 4.69) is 10.6 Å². The molecule has 2 N–H and O–H groups in total. The van der Waals surface area contributed by atoms with Crippen LogP contribution in [0.4, 0.5) is 10.1 Å². The number of hydrogen-bond donors (Lipinski definition) is 2. The molecule has 0 saturated heterocycles. The predicted molar refractivity (Wildman–Crippen MR) is 65.2 cm³/mol. The lowest BCUT2D eigenvalue weighted by Gasteiger charge is -2.25. The lowest BCUT2D eigenvalue weighted by Crippen LogP contribution is -2.33. The van der Waals surface area contributed by atoms with Gasteiger partial charge in [0.15, 0.2) is 0 Å². The monoisotopic (exact) mass is 236 g/mol. The molecule has 0 aromatic heterocycles. The van der Waals surface area contributed by atoms with Crippen LogP contribution in [0.25, 0.3) is 0 Å². The number of amides is 1. The van der Waals surface area contributed by atoms with Crippen molar-refractivity contribution >= 4 is 11.6 Å². The lowest BCUT2D eigenvalue weighted by molar-refractivity contribution is -0.115. The summed E-state index contributed by atoms with van der Waals surface area (Å²) in [5.74, 6) is 0.116. The first kappa shape index (κ1) is 12.0. The highest BCUT2D eigenvalue weighted by molar-refractivity contribution is 5.92. The van der Waals surface area contributed by atoms with Gasteiger partial charge < -0.3 is 10.6 Å². The van der Waals surface area contributed by atoms with Crippen molar-refractivity contribution in [1.29, 1.82) is 0 Å². The van der Waals surface area contributed by atoms with Crippen molar-refractivity contribution in [3.05, 3.63) is 30.1 Å². The van der Waals surface area contributed by atoms with E-state index in [4.69, 9.17) is 0 Å². The molecule has 1 aromatic rings. The molecule has 0 radical (unpaired) electrons. The molecule has 0 unspecified atom stereocenters. The van der Waals surface area contributed by atoms with E-state index < -0.39 is 5.82 Å². The summed E-state index contributed by atoms with van der Waals surface area (Å²) in [5.41, 5.74) is 0.239. The molecule has 0 heterocycles. The molecule has 2 rings (SSSR count). The minimum absolute atomic E-state index is 0.200. The third-order valence-corrected chi connectivity index (χ3v) is 3.09. The van der Waals surface area contributed by atoms with Crippen LogP contribution in [0.1, 0.15) is 19.3 Å². The van der Waals surface area contributed by atoms with Gasteiger partial charge >= 0.3 is 0 Å². The largest absolute Gasteiger partial charge is 0.322 e. The number of anilines is 1. The number of carbonyl (C=O) groups excluding carboxylic acids is 1. The minimum Gasteiger partial charge on any atom is -0.322 e. The van der Waals surface area contributed by atoms with Crippen molar-refractivity contribution < 1.29 is 9.18 Å². The van der Waals surface area contributed by atoms with Crippen LogP contribution in [0.15, 0.2) is 24.3 Å². The Balaban J connectivity index is 1.71. The van der Waals surface area contributed by atoms with Crippen LogP contribution < -0.4 is 10.6 Å². The Kier molecular flexibility index (Phi) is 4.09. The number of rotatable bonds is 5. The van der Waals surface area contributed by atoms with Gasteiger partial charge in [0.1, 0.15) is 5.82 Å². The zero-order chi connectivity index (χ0) is 12.1. The standard InChI is InChI=1S/C13H17FN2O/c14-11-6-1-2-7-12(11)16-13(17)9-15-8-10-4-3-5-10/h1-2,6-7,10,15H,3-5,8-9H2,(H,16,17). The van der Waals surface area contributed by atoms with Crippen LogP contribution in [0.2, 0.25) is 0 Å². The maximum Gasteiger partial charge on any atom is 0.238 e. The molecule has 1 saturated carbocycles. The smallest absolute Gasteiger partial charge is 0.238 e. The fraction of sp³-hybridized carbons (Fsp3) is 0.462. The molecule has 17 heavy (non-hydrogen) atoms. The summed E-state index contributed by atoms with van der Waals surface area (Å²) in [4.78, 5) is 11.5. The zero-order valence-electron chi connectivity index (χ0n) is 9.71. The summed E-state index contributed by atoms with van der Waals surface area (Å²) in [7, 11) is 0. The van der Waals surface area contributed by atoms with Crippen molar-refractivity contribution in [2.24, 2.45) is 5.92 Å². The fourth-order valence-corrected chi connectivity index (χ4v) is 1.84. The van der Waals surface area contributed by atoms with Gasteiger partial charge in [-0.15, -0.1) is 0 Å². The predicted octanol–water partition coefficient (Wildman–Crippen LogP) is 2.15. The average molecular weight is 236 g/mol. The molecule has 92 valence electrons. The molecule has 1 fully saturated rings. The Morgan fingerprint density at radius 3 is 2.76 bits per heavy atom. The Bertz CT molecular complexity index is 391. The third kappa shape index (κ3) is 3.53. The highest BCUT2D eigenvalue weighted by Crippen LogP contribution is 2.24. The summed E-state index contributed by atoms with van der Waals surface area (Å²) < 4.78 is 13.2. The van der Waals surface area contributed by atoms with Crippen LogP contribution in [0, 0.1) is 11.7 Å². The van der Waals surface area contributed by atoms with Gasteiger partial charge in [-0.1, -0.05) is 18.6 Å². The van der Waals surface area contributed by atoms with E-state index in [0.29, 0.717) is 0 Å². The summed E-state index contributed by atoms with van der Waals surface area (Å²) in [5, 5.41) is 5.64. The molecular formula is C13H17FN2O. The minimum atomic E-state index is -0.403. The molecule has 1 aliphatic carbocycles. The second-order valence-corrected chi connectivity index (χ2v) is 4.46. The first-order valence-corrected chi connectivity index (χ1v) is 6.01. The van der Waals surface area contributed by atoms with Gasteiger partial charge in [-0.3, -0.25) is 4.79 Å². The van der Waals surface area contributed by atoms with E-state index >= 15 is 0 Å². The zero-order valence-corrected chi connectivity index (χ0v) is 9.71. The molecule has 4 heteroatoms. The Hall–Kier alpha value is -1.42. The number of carbonyl (C=O) groups is 1. The molecule has 0 atom stereocenters. The van der Waals surface area contributed by atoms with E-state index in [1.807, 2.05) is 0 Å². The number of para-hydroxylation sites is 1. The fourth-order valence-electron chi connectivity index (χ4n) is 1.84. The van der Waals surface area contributed by atoms with E-state index in [0.717, 1.165) is 12.5 Å². The highest BCUT2D eigenvalue weighted by atomic mass is 19.1. The van der Waals surface area contributed by atoms with Crippen molar-refractivity contribution in [2.75, 3.05) is 18.4 Å². The second kappa shape index (κ2) is 5.77. The number of nitrogens with one attached hydrogen (secondary N) is 2. The third-order valence-electron chi connectivity index (χ3n) is 3.09. The van der Waals surface area contributed by atoms with Gasteiger partial charge in [0, 0.05) is 0 Å². The molecule has 1 aromatic carbocycles. The van der Waals surface area contributed by atoms with Gasteiger partial charge in [-0.25, -0.2) is 4.39 Å². The van der Waals surface area contributed by atoms with Crippen molar-refractivity contribution in [1.82, 2.24) is 5.32 Å². The quantitative estimate of drug-likeness (QED) is 0.822. The van der Waals surface area contributed by atoms with Crippen molar-refractivity contribution in [2.45, 2.75) is 19.3 Å². The maximum atomic E-state index is 13.2. The SMILES string of the molecule is O=C(CNCC1CCC1)Nc1ccccc1F. The van der Waals surface area contributed by atoms with E-state index in [1.54, 1.807) is 18.2 Å². The van der Waals surface area contributed by atoms with Gasteiger partial charge in [0.2, 0.25) is 5.91 Å². The summed E-state index contributed by atoms with van der Waals surface area (Å²) in [6, 6.07) is 6.18.